The fourth-order valence-corrected chi connectivity index (χ4v) is 5.27. The van der Waals surface area contributed by atoms with Crippen LogP contribution in [0.3, 0.4) is 0 Å². The number of benzene rings is 3. The van der Waals surface area contributed by atoms with Crippen molar-refractivity contribution >= 4 is 27.5 Å². The highest BCUT2D eigenvalue weighted by Crippen LogP contribution is 2.22. The molecule has 0 radical (unpaired) electrons. The summed E-state index contributed by atoms with van der Waals surface area (Å²) >= 11 is 0. The second-order valence-corrected chi connectivity index (χ2v) is 11.7. The van der Waals surface area contributed by atoms with Crippen LogP contribution in [0.5, 0.6) is 5.75 Å². The number of carbonyl (C=O) groups excluding carboxylic acids is 2. The Bertz CT molecular complexity index is 1380. The Morgan fingerprint density at radius 1 is 0.950 bits per heavy atom. The van der Waals surface area contributed by atoms with Crippen molar-refractivity contribution in [1.29, 1.82) is 0 Å². The number of rotatable bonds is 14. The molecule has 0 aliphatic heterocycles. The van der Waals surface area contributed by atoms with E-state index in [0.717, 1.165) is 40.1 Å². The van der Waals surface area contributed by atoms with Crippen molar-refractivity contribution in [2.45, 2.75) is 45.7 Å². The summed E-state index contributed by atoms with van der Waals surface area (Å²) in [5.41, 5.74) is 2.90. The van der Waals surface area contributed by atoms with E-state index in [1.54, 1.807) is 31.4 Å². The van der Waals surface area contributed by atoms with Crippen LogP contribution in [0.2, 0.25) is 0 Å². The average Bonchev–Trinajstić information content (AvgIpc) is 2.93. The van der Waals surface area contributed by atoms with Gasteiger partial charge in [-0.25, -0.2) is 8.42 Å². The van der Waals surface area contributed by atoms with Crippen molar-refractivity contribution < 1.29 is 22.7 Å². The molecule has 9 heteroatoms. The third-order valence-corrected chi connectivity index (χ3v) is 7.70. The van der Waals surface area contributed by atoms with Crippen LogP contribution in [0, 0.1) is 6.92 Å². The summed E-state index contributed by atoms with van der Waals surface area (Å²) in [5, 5.41) is 2.98. The van der Waals surface area contributed by atoms with Crippen LogP contribution in [0.15, 0.2) is 78.9 Å². The minimum Gasteiger partial charge on any atom is -0.497 e. The maximum absolute atomic E-state index is 14.1. The first-order valence-corrected chi connectivity index (χ1v) is 15.3. The summed E-state index contributed by atoms with van der Waals surface area (Å²) < 4.78 is 32.2. The molecule has 3 aromatic carbocycles. The zero-order valence-corrected chi connectivity index (χ0v) is 24.5. The zero-order valence-electron chi connectivity index (χ0n) is 23.7. The van der Waals surface area contributed by atoms with Crippen molar-refractivity contribution in [2.75, 3.05) is 30.8 Å². The fraction of sp³-hybridized carbons (Fsp3) is 0.355. The predicted molar refractivity (Wildman–Crippen MR) is 159 cm³/mol. The van der Waals surface area contributed by atoms with Gasteiger partial charge in [0.15, 0.2) is 0 Å². The third kappa shape index (κ3) is 8.84. The molecule has 3 rings (SSSR count). The maximum Gasteiger partial charge on any atom is 0.244 e. The quantitative estimate of drug-likeness (QED) is 0.294. The fourth-order valence-electron chi connectivity index (χ4n) is 4.42. The summed E-state index contributed by atoms with van der Waals surface area (Å²) in [6.07, 6.45) is 3.07. The average molecular weight is 566 g/mol. The largest absolute Gasteiger partial charge is 0.497 e. The Morgan fingerprint density at radius 2 is 1.65 bits per heavy atom. The number of carbonyl (C=O) groups is 2. The Labute approximate surface area is 238 Å². The molecule has 40 heavy (non-hydrogen) atoms. The lowest BCUT2D eigenvalue weighted by atomic mass is 10.0. The molecule has 0 spiro atoms. The second-order valence-electron chi connectivity index (χ2n) is 9.83. The van der Waals surface area contributed by atoms with Gasteiger partial charge in [-0.1, -0.05) is 67.9 Å². The van der Waals surface area contributed by atoms with Gasteiger partial charge in [0.1, 0.15) is 18.3 Å². The molecule has 3 aromatic rings. The van der Waals surface area contributed by atoms with Crippen molar-refractivity contribution in [3.8, 4) is 5.75 Å². The number of unbranched alkanes of at least 4 members (excludes halogenated alkanes) is 1. The lowest BCUT2D eigenvalue weighted by molar-refractivity contribution is -0.140. The Kier molecular flexibility index (Phi) is 11.1. The molecule has 214 valence electrons. The van der Waals surface area contributed by atoms with Crippen LogP contribution in [0.4, 0.5) is 5.69 Å². The third-order valence-electron chi connectivity index (χ3n) is 6.56. The molecule has 1 N–H and O–H groups in total. The van der Waals surface area contributed by atoms with Crippen LogP contribution in [-0.2, 0) is 32.6 Å². The number of amides is 2. The zero-order chi connectivity index (χ0) is 29.1. The normalized spacial score (nSPS) is 11.9. The molecule has 0 saturated carbocycles. The molecular weight excluding hydrogens is 526 g/mol. The Balaban J connectivity index is 2.04. The number of nitrogens with zero attached hydrogens (tertiary/aromatic N) is 2. The molecule has 2 amide bonds. The van der Waals surface area contributed by atoms with E-state index in [1.807, 2.05) is 68.4 Å². The maximum atomic E-state index is 14.1. The van der Waals surface area contributed by atoms with Gasteiger partial charge in [0.2, 0.25) is 21.8 Å². The van der Waals surface area contributed by atoms with Crippen LogP contribution in [-0.4, -0.2) is 57.6 Å². The van der Waals surface area contributed by atoms with Crippen LogP contribution < -0.4 is 14.4 Å². The van der Waals surface area contributed by atoms with Gasteiger partial charge in [-0.3, -0.25) is 13.9 Å². The topological polar surface area (TPSA) is 96.0 Å². The number of aryl methyl sites for hydroxylation is 1. The van der Waals surface area contributed by atoms with E-state index in [9.17, 15) is 18.0 Å². The summed E-state index contributed by atoms with van der Waals surface area (Å²) in [4.78, 5) is 29.2. The van der Waals surface area contributed by atoms with E-state index >= 15 is 0 Å². The lowest BCUT2D eigenvalue weighted by Gasteiger charge is -2.33. The molecular formula is C31H39N3O5S. The van der Waals surface area contributed by atoms with E-state index in [2.05, 4.69) is 5.32 Å². The van der Waals surface area contributed by atoms with Crippen molar-refractivity contribution in [3.63, 3.8) is 0 Å². The minimum atomic E-state index is -3.80. The number of sulfonamides is 1. The van der Waals surface area contributed by atoms with Gasteiger partial charge in [-0.05, 0) is 54.3 Å². The minimum absolute atomic E-state index is 0.0974. The first kappa shape index (κ1) is 30.7. The van der Waals surface area contributed by atoms with Gasteiger partial charge in [0.25, 0.3) is 0 Å². The molecule has 0 aliphatic rings. The van der Waals surface area contributed by atoms with Crippen LogP contribution in [0.25, 0.3) is 0 Å². The van der Waals surface area contributed by atoms with E-state index in [-0.39, 0.29) is 18.9 Å². The summed E-state index contributed by atoms with van der Waals surface area (Å²) in [6, 6.07) is 22.9. The van der Waals surface area contributed by atoms with Gasteiger partial charge in [-0.2, -0.15) is 0 Å². The van der Waals surface area contributed by atoms with Crippen molar-refractivity contribution in [2.24, 2.45) is 0 Å². The first-order valence-electron chi connectivity index (χ1n) is 13.4. The SMILES string of the molecule is CCCCNC(=O)[C@@H](Cc1ccccc1)N(Cc1cccc(OC)c1)C(=O)CN(c1cccc(C)c1)S(C)(=O)=O. The van der Waals surface area contributed by atoms with E-state index < -0.39 is 28.5 Å². The van der Waals surface area contributed by atoms with Crippen molar-refractivity contribution in [3.05, 3.63) is 95.6 Å². The van der Waals surface area contributed by atoms with E-state index in [0.29, 0.717) is 18.0 Å². The van der Waals surface area contributed by atoms with Gasteiger partial charge in [-0.15, -0.1) is 0 Å². The summed E-state index contributed by atoms with van der Waals surface area (Å²) in [7, 11) is -2.24. The molecule has 0 bridgehead atoms. The molecule has 1 atom stereocenters. The highest BCUT2D eigenvalue weighted by molar-refractivity contribution is 7.92. The van der Waals surface area contributed by atoms with Gasteiger partial charge in [0.05, 0.1) is 19.1 Å². The number of nitrogens with one attached hydrogen (secondary N) is 1. The van der Waals surface area contributed by atoms with Crippen LogP contribution in [0.1, 0.15) is 36.5 Å². The van der Waals surface area contributed by atoms with Gasteiger partial charge in [0, 0.05) is 19.5 Å². The van der Waals surface area contributed by atoms with Crippen LogP contribution >= 0.6 is 0 Å². The molecule has 0 aromatic heterocycles. The van der Waals surface area contributed by atoms with E-state index in [4.69, 9.17) is 4.74 Å². The molecule has 0 unspecified atom stereocenters. The Morgan fingerprint density at radius 3 is 2.30 bits per heavy atom. The number of hydrogen-bond acceptors (Lipinski definition) is 5. The highest BCUT2D eigenvalue weighted by Gasteiger charge is 2.33. The highest BCUT2D eigenvalue weighted by atomic mass is 32.2. The van der Waals surface area contributed by atoms with E-state index in [1.165, 1.54) is 4.90 Å². The summed E-state index contributed by atoms with van der Waals surface area (Å²) in [6.45, 7) is 4.04. The standard InChI is InChI=1S/C31H39N3O5S/c1-5-6-18-32-31(36)29(21-25-13-8-7-9-14-25)33(22-26-15-11-17-28(20-26)39-3)30(35)23-34(40(4,37)38)27-16-10-12-24(2)19-27/h7-17,19-20,29H,5-6,18,21-23H2,1-4H3,(H,32,36)/t29-/m1/s1. The monoisotopic (exact) mass is 565 g/mol. The molecule has 0 aliphatic carbocycles. The molecule has 8 nitrogen and oxygen atoms in total. The first-order chi connectivity index (χ1) is 19.1. The van der Waals surface area contributed by atoms with Crippen molar-refractivity contribution in [1.82, 2.24) is 10.2 Å². The van der Waals surface area contributed by atoms with Gasteiger partial charge >= 0.3 is 0 Å². The lowest BCUT2D eigenvalue weighted by Crippen LogP contribution is -2.53. The number of ether oxygens (including phenoxy) is 1. The van der Waals surface area contributed by atoms with Gasteiger partial charge < -0.3 is 15.0 Å². The second kappa shape index (κ2) is 14.5. The summed E-state index contributed by atoms with van der Waals surface area (Å²) in [5.74, 6) is -0.147. The number of hydrogen-bond donors (Lipinski definition) is 1. The smallest absolute Gasteiger partial charge is 0.244 e. The molecule has 0 heterocycles. The predicted octanol–water partition coefficient (Wildman–Crippen LogP) is 4.33. The Hall–Kier alpha value is -3.85. The molecule has 0 saturated heterocycles. The molecule has 0 fully saturated rings. The number of anilines is 1. The number of methoxy groups -OCH3 is 1.